The highest BCUT2D eigenvalue weighted by Crippen LogP contribution is 2.27. The van der Waals surface area contributed by atoms with Gasteiger partial charge in [0.05, 0.1) is 13.2 Å². The molecule has 0 fully saturated rings. The third kappa shape index (κ3) is 7.38. The molecule has 17 heavy (non-hydrogen) atoms. The van der Waals surface area contributed by atoms with E-state index in [1.807, 2.05) is 6.08 Å². The van der Waals surface area contributed by atoms with Crippen LogP contribution in [0.1, 0.15) is 12.8 Å². The van der Waals surface area contributed by atoms with Gasteiger partial charge in [0, 0.05) is 26.1 Å². The van der Waals surface area contributed by atoms with E-state index < -0.39 is 8.07 Å². The van der Waals surface area contributed by atoms with Crippen molar-refractivity contribution in [2.24, 2.45) is 5.41 Å². The zero-order valence-corrected chi connectivity index (χ0v) is 12.9. The minimum absolute atomic E-state index is 0.0438. The molecule has 0 amide bonds. The fourth-order valence-corrected chi connectivity index (χ4v) is 2.37. The molecule has 98 valence electrons. The number of hydrogen-bond donors (Lipinski definition) is 0. The molecule has 0 unspecified atom stereocenters. The SMILES string of the molecule is C=CCC(CC#C[Si](C)(C)C)(COC)COC. The van der Waals surface area contributed by atoms with E-state index in [2.05, 4.69) is 37.7 Å². The molecule has 0 saturated heterocycles. The molecule has 0 aromatic heterocycles. The number of rotatable bonds is 7. The van der Waals surface area contributed by atoms with Crippen LogP contribution in [0.15, 0.2) is 12.7 Å². The highest BCUT2D eigenvalue weighted by molar-refractivity contribution is 6.83. The maximum absolute atomic E-state index is 5.31. The Labute approximate surface area is 107 Å². The number of allylic oxidation sites excluding steroid dienone is 1. The van der Waals surface area contributed by atoms with Gasteiger partial charge in [-0.1, -0.05) is 25.7 Å². The van der Waals surface area contributed by atoms with E-state index in [1.54, 1.807) is 14.2 Å². The summed E-state index contributed by atoms with van der Waals surface area (Å²) in [5, 5.41) is 0. The first-order chi connectivity index (χ1) is 7.89. The van der Waals surface area contributed by atoms with Crippen molar-refractivity contribution in [1.29, 1.82) is 0 Å². The van der Waals surface area contributed by atoms with Crippen LogP contribution in [0.2, 0.25) is 19.6 Å². The van der Waals surface area contributed by atoms with Gasteiger partial charge in [-0.25, -0.2) is 0 Å². The average Bonchev–Trinajstić information content (AvgIpc) is 2.16. The van der Waals surface area contributed by atoms with Gasteiger partial charge in [-0.3, -0.25) is 0 Å². The van der Waals surface area contributed by atoms with Crippen LogP contribution in [-0.2, 0) is 9.47 Å². The van der Waals surface area contributed by atoms with Gasteiger partial charge in [-0.15, -0.1) is 18.0 Å². The van der Waals surface area contributed by atoms with Crippen molar-refractivity contribution in [3.63, 3.8) is 0 Å². The maximum atomic E-state index is 5.31. The normalized spacial score (nSPS) is 11.8. The van der Waals surface area contributed by atoms with Gasteiger partial charge in [-0.2, -0.15) is 0 Å². The Morgan fingerprint density at radius 1 is 1.18 bits per heavy atom. The second-order valence-electron chi connectivity index (χ2n) is 5.59. The minimum Gasteiger partial charge on any atom is -0.384 e. The molecule has 0 spiro atoms. The predicted molar refractivity (Wildman–Crippen MR) is 76.7 cm³/mol. The van der Waals surface area contributed by atoms with Crippen LogP contribution in [-0.4, -0.2) is 35.5 Å². The third-order valence-electron chi connectivity index (χ3n) is 2.41. The molecule has 0 N–H and O–H groups in total. The molecular weight excluding hydrogens is 228 g/mol. The van der Waals surface area contributed by atoms with E-state index in [0.717, 1.165) is 12.8 Å². The molecule has 0 aliphatic rings. The van der Waals surface area contributed by atoms with Gasteiger partial charge < -0.3 is 9.47 Å². The number of ether oxygens (including phenoxy) is 2. The molecule has 0 rings (SSSR count). The first-order valence-electron chi connectivity index (χ1n) is 5.98. The summed E-state index contributed by atoms with van der Waals surface area (Å²) < 4.78 is 10.6. The Kier molecular flexibility index (Phi) is 7.45. The smallest absolute Gasteiger partial charge is 0.129 e. The fraction of sp³-hybridized carbons (Fsp3) is 0.714. The van der Waals surface area contributed by atoms with Crippen molar-refractivity contribution in [3.8, 4) is 11.5 Å². The minimum atomic E-state index is -1.29. The van der Waals surface area contributed by atoms with Gasteiger partial charge >= 0.3 is 0 Å². The van der Waals surface area contributed by atoms with Gasteiger partial charge in [0.15, 0.2) is 0 Å². The third-order valence-corrected chi connectivity index (χ3v) is 3.33. The zero-order chi connectivity index (χ0) is 13.4. The molecule has 0 aromatic rings. The molecular formula is C14H26O2Si. The Morgan fingerprint density at radius 2 is 1.71 bits per heavy atom. The lowest BCUT2D eigenvalue weighted by Gasteiger charge is -2.29. The number of methoxy groups -OCH3 is 2. The van der Waals surface area contributed by atoms with E-state index in [0.29, 0.717) is 13.2 Å². The highest BCUT2D eigenvalue weighted by Gasteiger charge is 2.28. The van der Waals surface area contributed by atoms with Crippen LogP contribution >= 0.6 is 0 Å². The first-order valence-corrected chi connectivity index (χ1v) is 9.48. The summed E-state index contributed by atoms with van der Waals surface area (Å²) in [6, 6.07) is 0. The second kappa shape index (κ2) is 7.70. The fourth-order valence-electron chi connectivity index (χ4n) is 1.75. The molecule has 0 bridgehead atoms. The Hall–Kier alpha value is -0.563. The summed E-state index contributed by atoms with van der Waals surface area (Å²) >= 11 is 0. The van der Waals surface area contributed by atoms with E-state index in [9.17, 15) is 0 Å². The first kappa shape index (κ1) is 16.4. The molecule has 0 radical (unpaired) electrons. The molecule has 0 heterocycles. The lowest BCUT2D eigenvalue weighted by atomic mass is 9.83. The summed E-state index contributed by atoms with van der Waals surface area (Å²) in [6.45, 7) is 11.9. The Morgan fingerprint density at radius 3 is 2.06 bits per heavy atom. The summed E-state index contributed by atoms with van der Waals surface area (Å²) in [5.74, 6) is 3.32. The molecule has 0 saturated carbocycles. The summed E-state index contributed by atoms with van der Waals surface area (Å²) in [6.07, 6.45) is 3.61. The summed E-state index contributed by atoms with van der Waals surface area (Å²) in [4.78, 5) is 0. The lowest BCUT2D eigenvalue weighted by Crippen LogP contribution is -2.31. The zero-order valence-electron chi connectivity index (χ0n) is 11.9. The van der Waals surface area contributed by atoms with Crippen LogP contribution in [0.3, 0.4) is 0 Å². The maximum Gasteiger partial charge on any atom is 0.129 e. The predicted octanol–water partition coefficient (Wildman–Crippen LogP) is 3.11. The molecule has 0 aromatic carbocycles. The Bertz CT molecular complexity index is 275. The van der Waals surface area contributed by atoms with Crippen molar-refractivity contribution >= 4 is 8.07 Å². The van der Waals surface area contributed by atoms with Crippen LogP contribution in [0.25, 0.3) is 0 Å². The van der Waals surface area contributed by atoms with Crippen molar-refractivity contribution in [1.82, 2.24) is 0 Å². The van der Waals surface area contributed by atoms with Crippen LogP contribution in [0.5, 0.6) is 0 Å². The molecule has 0 aliphatic carbocycles. The van der Waals surface area contributed by atoms with Crippen molar-refractivity contribution in [2.75, 3.05) is 27.4 Å². The van der Waals surface area contributed by atoms with E-state index in [4.69, 9.17) is 9.47 Å². The second-order valence-corrected chi connectivity index (χ2v) is 10.3. The van der Waals surface area contributed by atoms with Gasteiger partial charge in [0.25, 0.3) is 0 Å². The molecule has 2 nitrogen and oxygen atoms in total. The van der Waals surface area contributed by atoms with Crippen molar-refractivity contribution in [2.45, 2.75) is 32.5 Å². The van der Waals surface area contributed by atoms with Crippen LogP contribution in [0, 0.1) is 16.9 Å². The van der Waals surface area contributed by atoms with Crippen LogP contribution in [0.4, 0.5) is 0 Å². The molecule has 0 atom stereocenters. The van der Waals surface area contributed by atoms with E-state index in [-0.39, 0.29) is 5.41 Å². The van der Waals surface area contributed by atoms with Crippen molar-refractivity contribution < 1.29 is 9.47 Å². The molecule has 3 heteroatoms. The number of hydrogen-bond acceptors (Lipinski definition) is 2. The lowest BCUT2D eigenvalue weighted by molar-refractivity contribution is 0.0151. The van der Waals surface area contributed by atoms with E-state index in [1.165, 1.54) is 0 Å². The highest BCUT2D eigenvalue weighted by atomic mass is 28.3. The summed E-state index contributed by atoms with van der Waals surface area (Å²) in [5.41, 5.74) is 3.35. The standard InChI is InChI=1S/C14H26O2Si/c1-7-9-14(12-15-2,13-16-3)10-8-11-17(4,5)6/h7H,1,9-10,12-13H2,2-6H3. The van der Waals surface area contributed by atoms with Gasteiger partial charge in [0.2, 0.25) is 0 Å². The van der Waals surface area contributed by atoms with Gasteiger partial charge in [-0.05, 0) is 6.42 Å². The quantitative estimate of drug-likeness (QED) is 0.395. The monoisotopic (exact) mass is 254 g/mol. The Balaban J connectivity index is 4.74. The summed E-state index contributed by atoms with van der Waals surface area (Å²) in [7, 11) is 2.15. The van der Waals surface area contributed by atoms with Gasteiger partial charge in [0.1, 0.15) is 8.07 Å². The van der Waals surface area contributed by atoms with Crippen molar-refractivity contribution in [3.05, 3.63) is 12.7 Å². The largest absolute Gasteiger partial charge is 0.384 e. The molecule has 0 aliphatic heterocycles. The van der Waals surface area contributed by atoms with Crippen LogP contribution < -0.4 is 0 Å². The van der Waals surface area contributed by atoms with E-state index >= 15 is 0 Å². The average molecular weight is 254 g/mol. The topological polar surface area (TPSA) is 18.5 Å².